The molecule has 1 unspecified atom stereocenters. The molecule has 0 spiro atoms. The van der Waals surface area contributed by atoms with Crippen molar-refractivity contribution in [1.82, 2.24) is 14.8 Å². The summed E-state index contributed by atoms with van der Waals surface area (Å²) in [6.45, 7) is 5.92. The maximum absolute atomic E-state index is 12.4. The van der Waals surface area contributed by atoms with E-state index in [4.69, 9.17) is 0 Å². The molecule has 22 heavy (non-hydrogen) atoms. The minimum absolute atomic E-state index is 0.0101. The zero-order valence-electron chi connectivity index (χ0n) is 13.0. The minimum atomic E-state index is -0.221. The fraction of sp³-hybridized carbons (Fsp3) is 0.438. The number of benzene rings is 1. The first-order valence-corrected chi connectivity index (χ1v) is 8.37. The fourth-order valence-corrected chi connectivity index (χ4v) is 3.13. The molecule has 1 heterocycles. The number of hydrogen-bond donors (Lipinski definition) is 1. The van der Waals surface area contributed by atoms with Crippen molar-refractivity contribution in [3.8, 4) is 0 Å². The predicted molar refractivity (Wildman–Crippen MR) is 88.2 cm³/mol. The number of amides is 1. The van der Waals surface area contributed by atoms with Crippen LogP contribution in [0.5, 0.6) is 0 Å². The molecule has 6 heteroatoms. The highest BCUT2D eigenvalue weighted by Gasteiger charge is 2.28. The van der Waals surface area contributed by atoms with Gasteiger partial charge in [0.25, 0.3) is 0 Å². The van der Waals surface area contributed by atoms with E-state index >= 15 is 0 Å². The summed E-state index contributed by atoms with van der Waals surface area (Å²) < 4.78 is 2.08. The lowest BCUT2D eigenvalue weighted by Gasteiger charge is -2.14. The Morgan fingerprint density at radius 2 is 2.18 bits per heavy atom. The van der Waals surface area contributed by atoms with Gasteiger partial charge in [-0.25, -0.2) is 0 Å². The van der Waals surface area contributed by atoms with Gasteiger partial charge in [-0.2, -0.15) is 0 Å². The highest BCUT2D eigenvalue weighted by molar-refractivity contribution is 8.00. The Balaban J connectivity index is 1.66. The molecule has 1 amide bonds. The van der Waals surface area contributed by atoms with Gasteiger partial charge in [0.05, 0.1) is 5.25 Å². The van der Waals surface area contributed by atoms with Crippen molar-refractivity contribution in [3.05, 3.63) is 35.7 Å². The third kappa shape index (κ3) is 3.32. The maximum Gasteiger partial charge on any atom is 0.237 e. The molecule has 1 aliphatic carbocycles. The van der Waals surface area contributed by atoms with Crippen LogP contribution in [0.3, 0.4) is 0 Å². The first-order valence-electron chi connectivity index (χ1n) is 7.49. The van der Waals surface area contributed by atoms with Gasteiger partial charge in [0, 0.05) is 11.7 Å². The molecule has 1 aromatic heterocycles. The van der Waals surface area contributed by atoms with E-state index in [0.717, 1.165) is 22.0 Å². The van der Waals surface area contributed by atoms with Gasteiger partial charge in [-0.15, -0.1) is 10.2 Å². The molecule has 1 aliphatic rings. The van der Waals surface area contributed by atoms with Gasteiger partial charge in [-0.3, -0.25) is 4.79 Å². The molecule has 2 aromatic rings. The molecule has 1 saturated carbocycles. The van der Waals surface area contributed by atoms with Gasteiger partial charge >= 0.3 is 0 Å². The van der Waals surface area contributed by atoms with Crippen LogP contribution in [-0.2, 0) is 4.79 Å². The molecule has 1 atom stereocenters. The quantitative estimate of drug-likeness (QED) is 0.859. The van der Waals surface area contributed by atoms with Crippen molar-refractivity contribution < 1.29 is 4.79 Å². The van der Waals surface area contributed by atoms with Crippen LogP contribution < -0.4 is 5.32 Å². The van der Waals surface area contributed by atoms with Crippen LogP contribution >= 0.6 is 11.8 Å². The van der Waals surface area contributed by atoms with E-state index in [1.165, 1.54) is 24.6 Å². The van der Waals surface area contributed by atoms with E-state index in [0.29, 0.717) is 6.04 Å². The summed E-state index contributed by atoms with van der Waals surface area (Å²) in [5.41, 5.74) is 3.08. The number of nitrogens with one attached hydrogen (secondary N) is 1. The Hall–Kier alpha value is -1.82. The minimum Gasteiger partial charge on any atom is -0.325 e. The van der Waals surface area contributed by atoms with Gasteiger partial charge in [0.2, 0.25) is 5.91 Å². The second-order valence-corrected chi connectivity index (χ2v) is 7.13. The Morgan fingerprint density at radius 1 is 1.41 bits per heavy atom. The van der Waals surface area contributed by atoms with E-state index in [9.17, 15) is 4.79 Å². The second kappa shape index (κ2) is 6.12. The van der Waals surface area contributed by atoms with Gasteiger partial charge in [0.1, 0.15) is 6.33 Å². The van der Waals surface area contributed by atoms with E-state index in [2.05, 4.69) is 20.1 Å². The normalized spacial score (nSPS) is 15.6. The van der Waals surface area contributed by atoms with E-state index < -0.39 is 0 Å². The Labute approximate surface area is 134 Å². The van der Waals surface area contributed by atoms with Crippen LogP contribution in [0, 0.1) is 13.8 Å². The van der Waals surface area contributed by atoms with E-state index in [1.54, 1.807) is 6.33 Å². The lowest BCUT2D eigenvalue weighted by Crippen LogP contribution is -2.23. The SMILES string of the molecule is Cc1ccc(C)c(NC(=O)C(C)Sc2nncn2C2CC2)c1. The Kier molecular flexibility index (Phi) is 4.20. The number of anilines is 1. The fourth-order valence-electron chi connectivity index (χ4n) is 2.24. The molecule has 1 aromatic carbocycles. The summed E-state index contributed by atoms with van der Waals surface area (Å²) in [5, 5.41) is 11.7. The molecule has 1 N–H and O–H groups in total. The van der Waals surface area contributed by atoms with E-state index in [1.807, 2.05) is 39.0 Å². The number of aryl methyl sites for hydroxylation is 2. The standard InChI is InChI=1S/C16H20N4OS/c1-10-4-5-11(2)14(8-10)18-15(21)12(3)22-16-19-17-9-20(16)13-6-7-13/h4-5,8-9,12-13H,6-7H2,1-3H3,(H,18,21). The molecule has 116 valence electrons. The molecule has 3 rings (SSSR count). The smallest absolute Gasteiger partial charge is 0.237 e. The van der Waals surface area contributed by atoms with E-state index in [-0.39, 0.29) is 11.2 Å². The van der Waals surface area contributed by atoms with Crippen LogP contribution in [0.4, 0.5) is 5.69 Å². The molecular formula is C16H20N4OS. The van der Waals surface area contributed by atoms with Crippen molar-refractivity contribution in [2.45, 2.75) is 50.1 Å². The van der Waals surface area contributed by atoms with Gasteiger partial charge < -0.3 is 9.88 Å². The van der Waals surface area contributed by atoms with Crippen LogP contribution in [-0.4, -0.2) is 25.9 Å². The van der Waals surface area contributed by atoms with Crippen molar-refractivity contribution in [1.29, 1.82) is 0 Å². The highest BCUT2D eigenvalue weighted by atomic mass is 32.2. The summed E-state index contributed by atoms with van der Waals surface area (Å²) in [4.78, 5) is 12.4. The molecule has 0 saturated heterocycles. The van der Waals surface area contributed by atoms with Crippen molar-refractivity contribution in [2.24, 2.45) is 0 Å². The molecule has 0 radical (unpaired) electrons. The number of aromatic nitrogens is 3. The average molecular weight is 316 g/mol. The lowest BCUT2D eigenvalue weighted by molar-refractivity contribution is -0.115. The third-order valence-corrected chi connectivity index (χ3v) is 4.85. The van der Waals surface area contributed by atoms with Gasteiger partial charge in [-0.05, 0) is 50.8 Å². The lowest BCUT2D eigenvalue weighted by atomic mass is 10.1. The zero-order chi connectivity index (χ0) is 15.7. The largest absolute Gasteiger partial charge is 0.325 e. The van der Waals surface area contributed by atoms with Crippen molar-refractivity contribution in [3.63, 3.8) is 0 Å². The molecular weight excluding hydrogens is 296 g/mol. The number of carbonyl (C=O) groups excluding carboxylic acids is 1. The molecule has 0 aliphatic heterocycles. The summed E-state index contributed by atoms with van der Waals surface area (Å²) >= 11 is 1.46. The number of rotatable bonds is 5. The Morgan fingerprint density at radius 3 is 2.91 bits per heavy atom. The maximum atomic E-state index is 12.4. The van der Waals surface area contributed by atoms with Gasteiger partial charge in [0.15, 0.2) is 5.16 Å². The van der Waals surface area contributed by atoms with Crippen LogP contribution in [0.25, 0.3) is 0 Å². The number of hydrogen-bond acceptors (Lipinski definition) is 4. The number of thioether (sulfide) groups is 1. The zero-order valence-corrected chi connectivity index (χ0v) is 13.9. The summed E-state index contributed by atoms with van der Waals surface area (Å²) in [5.74, 6) is -0.0101. The molecule has 5 nitrogen and oxygen atoms in total. The van der Waals surface area contributed by atoms with Crippen molar-refractivity contribution >= 4 is 23.4 Å². The first-order chi connectivity index (χ1) is 10.5. The predicted octanol–water partition coefficient (Wildman–Crippen LogP) is 3.35. The first kappa shape index (κ1) is 15.1. The number of nitrogens with zero attached hydrogens (tertiary/aromatic N) is 3. The van der Waals surface area contributed by atoms with Crippen molar-refractivity contribution in [2.75, 3.05) is 5.32 Å². The van der Waals surface area contributed by atoms with Crippen LogP contribution in [0.2, 0.25) is 0 Å². The molecule has 1 fully saturated rings. The molecule has 0 bridgehead atoms. The summed E-state index contributed by atoms with van der Waals surface area (Å²) in [6, 6.07) is 6.58. The number of carbonyl (C=O) groups is 1. The van der Waals surface area contributed by atoms with Gasteiger partial charge in [-0.1, -0.05) is 23.9 Å². The second-order valence-electron chi connectivity index (χ2n) is 5.82. The third-order valence-electron chi connectivity index (χ3n) is 3.78. The average Bonchev–Trinajstić information content (AvgIpc) is 3.23. The van der Waals surface area contributed by atoms with Crippen LogP contribution in [0.1, 0.15) is 36.9 Å². The highest BCUT2D eigenvalue weighted by Crippen LogP contribution is 2.38. The summed E-state index contributed by atoms with van der Waals surface area (Å²) in [7, 11) is 0. The Bertz CT molecular complexity index is 693. The van der Waals surface area contributed by atoms with Crippen LogP contribution in [0.15, 0.2) is 29.7 Å². The monoisotopic (exact) mass is 316 g/mol. The summed E-state index contributed by atoms with van der Waals surface area (Å²) in [6.07, 6.45) is 4.11. The topological polar surface area (TPSA) is 59.8 Å².